The van der Waals surface area contributed by atoms with Gasteiger partial charge in [0.25, 0.3) is 0 Å². The molecule has 112 valence electrons. The van der Waals surface area contributed by atoms with Crippen molar-refractivity contribution in [3.63, 3.8) is 0 Å². The molecule has 1 fully saturated rings. The number of carboxylic acids is 1. The Morgan fingerprint density at radius 2 is 2.10 bits per heavy atom. The zero-order chi connectivity index (χ0) is 14.5. The summed E-state index contributed by atoms with van der Waals surface area (Å²) in [4.78, 5) is 12.4. The number of aliphatic hydroxyl groups excluding tert-OH is 1. The number of aryl methyl sites for hydroxylation is 1. The van der Waals surface area contributed by atoms with E-state index in [1.807, 2.05) is 6.92 Å². The van der Waals surface area contributed by atoms with Gasteiger partial charge in [0.2, 0.25) is 0 Å². The number of nitrogens with one attached hydrogen (secondary N) is 1. The maximum Gasteiger partial charge on any atom is 0.345 e. The number of carbonyl (C=O) groups is 1. The molecule has 2 atom stereocenters. The first-order valence-electron chi connectivity index (χ1n) is 7.26. The summed E-state index contributed by atoms with van der Waals surface area (Å²) in [5.41, 5.74) is 1.07. The average molecular weight is 297 g/mol. The number of aromatic carboxylic acids is 1. The number of hydrogen-bond acceptors (Lipinski definition) is 4. The second kappa shape index (κ2) is 7.20. The number of rotatable bonds is 6. The maximum atomic E-state index is 10.9. The second-order valence-electron chi connectivity index (χ2n) is 5.62. The van der Waals surface area contributed by atoms with Gasteiger partial charge in [-0.25, -0.2) is 4.79 Å². The first-order chi connectivity index (χ1) is 9.61. The van der Waals surface area contributed by atoms with E-state index in [0.717, 1.165) is 23.4 Å². The SMILES string of the molecule is Cc1sc(C(=O)O)cc1CNCC1CCCCC1CO. The highest BCUT2D eigenvalue weighted by atomic mass is 32.1. The van der Waals surface area contributed by atoms with Crippen molar-refractivity contribution in [1.29, 1.82) is 0 Å². The molecule has 0 radical (unpaired) electrons. The normalized spacial score (nSPS) is 22.9. The first kappa shape index (κ1) is 15.5. The molecule has 0 bridgehead atoms. The smallest absolute Gasteiger partial charge is 0.345 e. The number of hydrogen-bond donors (Lipinski definition) is 3. The Kier molecular flexibility index (Phi) is 5.57. The van der Waals surface area contributed by atoms with Crippen LogP contribution in [0.4, 0.5) is 0 Å². The van der Waals surface area contributed by atoms with E-state index >= 15 is 0 Å². The van der Waals surface area contributed by atoms with E-state index < -0.39 is 5.97 Å². The maximum absolute atomic E-state index is 10.9. The molecule has 0 saturated heterocycles. The van der Waals surface area contributed by atoms with Crippen molar-refractivity contribution >= 4 is 17.3 Å². The molecular weight excluding hydrogens is 274 g/mol. The van der Waals surface area contributed by atoms with Crippen LogP contribution >= 0.6 is 11.3 Å². The third-order valence-electron chi connectivity index (χ3n) is 4.25. The van der Waals surface area contributed by atoms with Crippen LogP contribution in [0.3, 0.4) is 0 Å². The molecule has 0 spiro atoms. The Morgan fingerprint density at radius 1 is 1.40 bits per heavy atom. The Morgan fingerprint density at radius 3 is 2.70 bits per heavy atom. The van der Waals surface area contributed by atoms with Crippen LogP contribution in [0.1, 0.15) is 45.8 Å². The van der Waals surface area contributed by atoms with Gasteiger partial charge in [0.15, 0.2) is 0 Å². The Hall–Kier alpha value is -0.910. The Bertz CT molecular complexity index is 458. The molecule has 1 aromatic heterocycles. The molecule has 20 heavy (non-hydrogen) atoms. The van der Waals surface area contributed by atoms with Crippen molar-refractivity contribution in [2.24, 2.45) is 11.8 Å². The molecule has 2 rings (SSSR count). The van der Waals surface area contributed by atoms with Gasteiger partial charge in [-0.3, -0.25) is 0 Å². The van der Waals surface area contributed by atoms with E-state index in [4.69, 9.17) is 5.11 Å². The zero-order valence-electron chi connectivity index (χ0n) is 11.9. The van der Waals surface area contributed by atoms with Gasteiger partial charge in [-0.2, -0.15) is 0 Å². The fourth-order valence-electron chi connectivity index (χ4n) is 2.99. The monoisotopic (exact) mass is 297 g/mol. The molecule has 2 unspecified atom stereocenters. The molecular formula is C15H23NO3S. The van der Waals surface area contributed by atoms with Gasteiger partial charge in [0.1, 0.15) is 4.88 Å². The summed E-state index contributed by atoms with van der Waals surface area (Å²) in [5.74, 6) is 0.123. The van der Waals surface area contributed by atoms with Crippen molar-refractivity contribution in [2.75, 3.05) is 13.2 Å². The molecule has 5 heteroatoms. The van der Waals surface area contributed by atoms with E-state index in [1.165, 1.54) is 30.6 Å². The predicted molar refractivity (Wildman–Crippen MR) is 80.3 cm³/mol. The fraction of sp³-hybridized carbons (Fsp3) is 0.667. The molecule has 4 nitrogen and oxygen atoms in total. The van der Waals surface area contributed by atoms with E-state index in [2.05, 4.69) is 5.32 Å². The van der Waals surface area contributed by atoms with Gasteiger partial charge >= 0.3 is 5.97 Å². The summed E-state index contributed by atoms with van der Waals surface area (Å²) in [7, 11) is 0. The minimum Gasteiger partial charge on any atom is -0.477 e. The Labute approximate surface area is 123 Å². The summed E-state index contributed by atoms with van der Waals surface area (Å²) < 4.78 is 0. The van der Waals surface area contributed by atoms with Crippen molar-refractivity contribution in [3.8, 4) is 0 Å². The van der Waals surface area contributed by atoms with Crippen LogP contribution in [0.15, 0.2) is 6.07 Å². The van der Waals surface area contributed by atoms with Gasteiger partial charge in [0.05, 0.1) is 0 Å². The number of thiophene rings is 1. The molecule has 0 amide bonds. The molecule has 1 saturated carbocycles. The van der Waals surface area contributed by atoms with E-state index in [-0.39, 0.29) is 6.61 Å². The number of aliphatic hydroxyl groups is 1. The van der Waals surface area contributed by atoms with Crippen molar-refractivity contribution in [3.05, 3.63) is 21.4 Å². The van der Waals surface area contributed by atoms with E-state index in [9.17, 15) is 9.90 Å². The topological polar surface area (TPSA) is 69.6 Å². The summed E-state index contributed by atoms with van der Waals surface area (Å²) >= 11 is 1.33. The van der Waals surface area contributed by atoms with Gasteiger partial charge in [-0.1, -0.05) is 12.8 Å². The fourth-order valence-corrected chi connectivity index (χ4v) is 3.87. The predicted octanol–water partition coefficient (Wildman–Crippen LogP) is 2.64. The number of carboxylic acid groups (broad SMARTS) is 1. The zero-order valence-corrected chi connectivity index (χ0v) is 12.7. The second-order valence-corrected chi connectivity index (χ2v) is 6.87. The first-order valence-corrected chi connectivity index (χ1v) is 8.07. The third kappa shape index (κ3) is 3.81. The highest BCUT2D eigenvalue weighted by Crippen LogP contribution is 2.29. The van der Waals surface area contributed by atoms with Crippen molar-refractivity contribution in [1.82, 2.24) is 5.32 Å². The summed E-state index contributed by atoms with van der Waals surface area (Å²) in [6.07, 6.45) is 4.79. The van der Waals surface area contributed by atoms with Crippen LogP contribution in [0, 0.1) is 18.8 Å². The Balaban J connectivity index is 1.84. The van der Waals surface area contributed by atoms with Crippen LogP contribution < -0.4 is 5.32 Å². The van der Waals surface area contributed by atoms with Crippen LogP contribution in [-0.4, -0.2) is 29.3 Å². The average Bonchev–Trinajstić information content (AvgIpc) is 2.81. The molecule has 3 N–H and O–H groups in total. The minimum atomic E-state index is -0.850. The molecule has 0 aliphatic heterocycles. The van der Waals surface area contributed by atoms with Gasteiger partial charge < -0.3 is 15.5 Å². The highest BCUT2D eigenvalue weighted by molar-refractivity contribution is 7.14. The van der Waals surface area contributed by atoms with Gasteiger partial charge in [-0.15, -0.1) is 11.3 Å². The quantitative estimate of drug-likeness (QED) is 0.755. The summed E-state index contributed by atoms with van der Waals surface area (Å²) in [5, 5.41) is 21.8. The standard InChI is InChI=1S/C15H23NO3S/c1-10-13(6-14(20-10)15(18)19)8-16-7-11-4-2-3-5-12(11)9-17/h6,11-12,16-17H,2-5,7-9H2,1H3,(H,18,19). The molecule has 0 aromatic carbocycles. The lowest BCUT2D eigenvalue weighted by Crippen LogP contribution is -2.32. The largest absolute Gasteiger partial charge is 0.477 e. The molecule has 1 heterocycles. The van der Waals surface area contributed by atoms with Crippen molar-refractivity contribution < 1.29 is 15.0 Å². The summed E-state index contributed by atoms with van der Waals surface area (Å²) in [6, 6.07) is 1.76. The van der Waals surface area contributed by atoms with Gasteiger partial charge in [0, 0.05) is 18.0 Å². The lowest BCUT2D eigenvalue weighted by atomic mass is 9.79. The molecule has 1 aliphatic carbocycles. The van der Waals surface area contributed by atoms with E-state index in [1.54, 1.807) is 6.07 Å². The molecule has 1 aromatic rings. The minimum absolute atomic E-state index is 0.285. The van der Waals surface area contributed by atoms with Crippen LogP contribution in [0.2, 0.25) is 0 Å². The van der Waals surface area contributed by atoms with Crippen LogP contribution in [0.5, 0.6) is 0 Å². The molecule has 1 aliphatic rings. The lowest BCUT2D eigenvalue weighted by Gasteiger charge is -2.30. The van der Waals surface area contributed by atoms with Crippen LogP contribution in [0.25, 0.3) is 0 Å². The van der Waals surface area contributed by atoms with Crippen molar-refractivity contribution in [2.45, 2.75) is 39.2 Å². The highest BCUT2D eigenvalue weighted by Gasteiger charge is 2.24. The third-order valence-corrected chi connectivity index (χ3v) is 5.34. The summed E-state index contributed by atoms with van der Waals surface area (Å²) in [6.45, 7) is 3.87. The van der Waals surface area contributed by atoms with E-state index in [0.29, 0.717) is 23.3 Å². The van der Waals surface area contributed by atoms with Crippen LogP contribution in [-0.2, 0) is 6.54 Å². The van der Waals surface area contributed by atoms with Gasteiger partial charge in [-0.05, 0) is 49.8 Å². The lowest BCUT2D eigenvalue weighted by molar-refractivity contribution is 0.0702.